The van der Waals surface area contributed by atoms with Gasteiger partial charge in [-0.05, 0) is 60.1 Å². The molecule has 0 saturated heterocycles. The van der Waals surface area contributed by atoms with Crippen molar-refractivity contribution >= 4 is 43.7 Å². The van der Waals surface area contributed by atoms with Crippen LogP contribution in [-0.2, 0) is 26.6 Å². The van der Waals surface area contributed by atoms with E-state index in [0.29, 0.717) is 4.47 Å². The van der Waals surface area contributed by atoms with Gasteiger partial charge in [0, 0.05) is 23.8 Å². The molecule has 0 atom stereocenters. The lowest BCUT2D eigenvalue weighted by atomic mass is 10.2. The predicted molar refractivity (Wildman–Crippen MR) is 108 cm³/mol. The highest BCUT2D eigenvalue weighted by Crippen LogP contribution is 2.22. The van der Waals surface area contributed by atoms with Crippen LogP contribution in [0.2, 0.25) is 0 Å². The van der Waals surface area contributed by atoms with Gasteiger partial charge >= 0.3 is 5.97 Å². The summed E-state index contributed by atoms with van der Waals surface area (Å²) in [6.07, 6.45) is 1.64. The van der Waals surface area contributed by atoms with Crippen molar-refractivity contribution in [2.75, 3.05) is 6.61 Å². The van der Waals surface area contributed by atoms with Crippen LogP contribution in [0.5, 0.6) is 0 Å². The molecule has 2 N–H and O–H groups in total. The van der Waals surface area contributed by atoms with Gasteiger partial charge in [-0.2, -0.15) is 0 Å². The van der Waals surface area contributed by atoms with Crippen molar-refractivity contribution in [1.29, 1.82) is 0 Å². The average molecular weight is 486 g/mol. The van der Waals surface area contributed by atoms with Gasteiger partial charge in [0.2, 0.25) is 10.0 Å². The van der Waals surface area contributed by atoms with E-state index in [1.54, 1.807) is 33.2 Å². The Morgan fingerprint density at radius 2 is 1.90 bits per heavy atom. The summed E-state index contributed by atoms with van der Waals surface area (Å²) in [4.78, 5) is 36.0. The molecular formula is C18H20BrN3O6S. The first-order valence-electron chi connectivity index (χ1n) is 8.46. The third-order valence-electron chi connectivity index (χ3n) is 3.62. The fourth-order valence-corrected chi connectivity index (χ4v) is 4.02. The number of sulfonamides is 1. The fraction of sp³-hybridized carbons (Fsp3) is 0.278. The van der Waals surface area contributed by atoms with Crippen LogP contribution in [0.3, 0.4) is 0 Å². The Morgan fingerprint density at radius 3 is 2.48 bits per heavy atom. The van der Waals surface area contributed by atoms with Gasteiger partial charge in [-0.25, -0.2) is 17.9 Å². The molecule has 0 saturated carbocycles. The number of carbonyl (C=O) groups excluding carboxylic acids is 3. The van der Waals surface area contributed by atoms with Gasteiger partial charge in [0.1, 0.15) is 5.69 Å². The molecule has 9 nitrogen and oxygen atoms in total. The summed E-state index contributed by atoms with van der Waals surface area (Å²) in [7, 11) is -2.17. The van der Waals surface area contributed by atoms with Crippen molar-refractivity contribution in [3.8, 4) is 0 Å². The van der Waals surface area contributed by atoms with Crippen LogP contribution in [0, 0.1) is 0 Å². The number of aryl methyl sites for hydroxylation is 1. The molecule has 29 heavy (non-hydrogen) atoms. The van der Waals surface area contributed by atoms with Crippen molar-refractivity contribution in [2.24, 2.45) is 7.05 Å². The first kappa shape index (κ1) is 22.8. The van der Waals surface area contributed by atoms with Crippen LogP contribution in [0.1, 0.15) is 34.7 Å². The molecule has 156 valence electrons. The second-order valence-corrected chi connectivity index (χ2v) is 8.94. The number of benzene rings is 1. The van der Waals surface area contributed by atoms with Crippen LogP contribution >= 0.6 is 15.9 Å². The minimum atomic E-state index is -3.81. The number of hydrogen-bond donors (Lipinski definition) is 2. The molecule has 0 bridgehead atoms. The van der Waals surface area contributed by atoms with E-state index in [1.165, 1.54) is 22.8 Å². The number of nitrogens with zero attached hydrogens (tertiary/aromatic N) is 1. The maximum atomic E-state index is 12.3. The van der Waals surface area contributed by atoms with Gasteiger partial charge in [-0.3, -0.25) is 14.9 Å². The smallest absolute Gasteiger partial charge is 0.339 e. The molecule has 1 aromatic carbocycles. The van der Waals surface area contributed by atoms with E-state index in [4.69, 9.17) is 4.74 Å². The summed E-state index contributed by atoms with van der Waals surface area (Å²) in [5.41, 5.74) is 0.196. The topological polar surface area (TPSA) is 124 Å². The molecule has 0 spiro atoms. The molecule has 0 radical (unpaired) electrons. The van der Waals surface area contributed by atoms with Crippen molar-refractivity contribution in [3.05, 3.63) is 52.3 Å². The molecule has 11 heteroatoms. The first-order chi connectivity index (χ1) is 13.5. The summed E-state index contributed by atoms with van der Waals surface area (Å²) in [5, 5.41) is 2.11. The van der Waals surface area contributed by atoms with Gasteiger partial charge in [-0.1, -0.05) is 0 Å². The van der Waals surface area contributed by atoms with Gasteiger partial charge < -0.3 is 9.30 Å². The predicted octanol–water partition coefficient (Wildman–Crippen LogP) is 1.59. The van der Waals surface area contributed by atoms with Crippen LogP contribution in [0.25, 0.3) is 0 Å². The fourth-order valence-electron chi connectivity index (χ4n) is 2.34. The van der Waals surface area contributed by atoms with Crippen molar-refractivity contribution < 1.29 is 27.5 Å². The number of rotatable bonds is 7. The van der Waals surface area contributed by atoms with Crippen molar-refractivity contribution in [2.45, 2.75) is 24.8 Å². The Bertz CT molecular complexity index is 1050. The summed E-state index contributed by atoms with van der Waals surface area (Å²) in [5.74, 6) is -2.36. The Kier molecular flexibility index (Phi) is 7.33. The highest BCUT2D eigenvalue weighted by atomic mass is 79.9. The maximum Gasteiger partial charge on any atom is 0.339 e. The number of carbonyl (C=O) groups is 3. The standard InChI is InChI=1S/C18H20BrN3O6S/c1-11(2)21-29(26,27)12-6-7-14(19)13(9-12)18(25)28-10-16(23)20-17(24)15-5-4-8-22(15)3/h4-9,11,21H,10H2,1-3H3,(H,20,23,24). The highest BCUT2D eigenvalue weighted by Gasteiger charge is 2.21. The zero-order chi connectivity index (χ0) is 21.8. The average Bonchev–Trinajstić information content (AvgIpc) is 3.05. The summed E-state index contributed by atoms with van der Waals surface area (Å²) < 4.78 is 33.7. The lowest BCUT2D eigenvalue weighted by Gasteiger charge is -2.12. The third-order valence-corrected chi connectivity index (χ3v) is 5.97. The summed E-state index contributed by atoms with van der Waals surface area (Å²) in [6, 6.07) is 6.71. The van der Waals surface area contributed by atoms with Crippen molar-refractivity contribution in [1.82, 2.24) is 14.6 Å². The zero-order valence-corrected chi connectivity index (χ0v) is 18.3. The quantitative estimate of drug-likeness (QED) is 0.573. The molecule has 0 unspecified atom stereocenters. The second kappa shape index (κ2) is 9.33. The molecular weight excluding hydrogens is 466 g/mol. The molecule has 1 aromatic heterocycles. The highest BCUT2D eigenvalue weighted by molar-refractivity contribution is 9.10. The van der Waals surface area contributed by atoms with E-state index in [0.717, 1.165) is 6.07 Å². The minimum absolute atomic E-state index is 0.0711. The Balaban J connectivity index is 2.05. The molecule has 0 fully saturated rings. The van der Waals surface area contributed by atoms with Crippen LogP contribution in [0.4, 0.5) is 0 Å². The number of halogens is 1. The van der Waals surface area contributed by atoms with Crippen LogP contribution in [-0.4, -0.2) is 43.4 Å². The van der Waals surface area contributed by atoms with E-state index < -0.39 is 34.4 Å². The van der Waals surface area contributed by atoms with Crippen LogP contribution in [0.15, 0.2) is 45.9 Å². The molecule has 2 amide bonds. The molecule has 0 aliphatic heterocycles. The largest absolute Gasteiger partial charge is 0.452 e. The SMILES string of the molecule is CC(C)NS(=O)(=O)c1ccc(Br)c(C(=O)OCC(=O)NC(=O)c2cccn2C)c1. The third kappa shape index (κ3) is 5.99. The Labute approximate surface area is 176 Å². The van der Waals surface area contributed by atoms with Gasteiger partial charge in [-0.15, -0.1) is 0 Å². The monoisotopic (exact) mass is 485 g/mol. The molecule has 0 aliphatic carbocycles. The number of esters is 1. The molecule has 1 heterocycles. The Morgan fingerprint density at radius 1 is 1.21 bits per heavy atom. The maximum absolute atomic E-state index is 12.3. The van der Waals surface area contributed by atoms with Crippen molar-refractivity contribution in [3.63, 3.8) is 0 Å². The molecule has 2 rings (SSSR count). The molecule has 0 aliphatic rings. The number of hydrogen-bond acceptors (Lipinski definition) is 6. The lowest BCUT2D eigenvalue weighted by Crippen LogP contribution is -2.35. The second-order valence-electron chi connectivity index (χ2n) is 6.38. The number of ether oxygens (including phenoxy) is 1. The van der Waals surface area contributed by atoms with Crippen LogP contribution < -0.4 is 10.0 Å². The summed E-state index contributed by atoms with van der Waals surface area (Å²) in [6.45, 7) is 2.63. The minimum Gasteiger partial charge on any atom is -0.452 e. The van der Waals surface area contributed by atoms with E-state index >= 15 is 0 Å². The normalized spacial score (nSPS) is 11.3. The number of aromatic nitrogens is 1. The van der Waals surface area contributed by atoms with Gasteiger partial charge in [0.25, 0.3) is 11.8 Å². The van der Waals surface area contributed by atoms with E-state index in [1.807, 2.05) is 0 Å². The summed E-state index contributed by atoms with van der Waals surface area (Å²) >= 11 is 3.16. The Hall–Kier alpha value is -2.50. The first-order valence-corrected chi connectivity index (χ1v) is 10.7. The zero-order valence-electron chi connectivity index (χ0n) is 15.9. The van der Waals surface area contributed by atoms with Gasteiger partial charge in [0.15, 0.2) is 6.61 Å². The molecule has 2 aromatic rings. The van der Waals surface area contributed by atoms with E-state index in [2.05, 4.69) is 26.0 Å². The number of imide groups is 1. The van der Waals surface area contributed by atoms with E-state index in [-0.39, 0.29) is 22.2 Å². The lowest BCUT2D eigenvalue weighted by molar-refractivity contribution is -0.123. The number of amides is 2. The van der Waals surface area contributed by atoms with Gasteiger partial charge in [0.05, 0.1) is 10.5 Å². The van der Waals surface area contributed by atoms with E-state index in [9.17, 15) is 22.8 Å². The number of nitrogens with one attached hydrogen (secondary N) is 2.